The normalized spacial score (nSPS) is 23.0. The molecule has 7 heteroatoms. The molecule has 0 spiro atoms. The summed E-state index contributed by atoms with van der Waals surface area (Å²) in [5, 5.41) is 3.46. The van der Waals surface area contributed by atoms with Gasteiger partial charge in [-0.25, -0.2) is 4.99 Å². The van der Waals surface area contributed by atoms with E-state index in [4.69, 9.17) is 10.7 Å². The van der Waals surface area contributed by atoms with Crippen LogP contribution in [0, 0.1) is 11.8 Å². The molecule has 2 unspecified atom stereocenters. The van der Waals surface area contributed by atoms with Crippen molar-refractivity contribution in [1.82, 2.24) is 15.1 Å². The smallest absolute Gasteiger partial charge is 0.221 e. The molecule has 0 aromatic heterocycles. The van der Waals surface area contributed by atoms with Gasteiger partial charge in [0.1, 0.15) is 0 Å². The van der Waals surface area contributed by atoms with Crippen LogP contribution >= 0.6 is 24.0 Å². The first-order valence-corrected chi connectivity index (χ1v) is 11.2. The van der Waals surface area contributed by atoms with Crippen LogP contribution in [0.2, 0.25) is 0 Å². The highest BCUT2D eigenvalue weighted by molar-refractivity contribution is 14.0. The molecule has 1 aromatic carbocycles. The second-order valence-electron chi connectivity index (χ2n) is 8.66. The molecule has 0 radical (unpaired) electrons. The molecule has 2 atom stereocenters. The van der Waals surface area contributed by atoms with Crippen molar-refractivity contribution in [2.45, 2.75) is 52.6 Å². The number of nitrogens with one attached hydrogen (secondary N) is 1. The van der Waals surface area contributed by atoms with Gasteiger partial charge in [0.15, 0.2) is 5.96 Å². The van der Waals surface area contributed by atoms with Gasteiger partial charge in [-0.1, -0.05) is 31.2 Å². The highest BCUT2D eigenvalue weighted by atomic mass is 127. The number of piperidine rings is 2. The monoisotopic (exact) mass is 527 g/mol. The maximum absolute atomic E-state index is 11.5. The molecule has 2 heterocycles. The second-order valence-corrected chi connectivity index (χ2v) is 8.66. The molecule has 0 bridgehead atoms. The van der Waals surface area contributed by atoms with Crippen LogP contribution in [-0.2, 0) is 17.9 Å². The van der Waals surface area contributed by atoms with Gasteiger partial charge in [-0.05, 0) is 56.2 Å². The summed E-state index contributed by atoms with van der Waals surface area (Å²) >= 11 is 0. The lowest BCUT2D eigenvalue weighted by Crippen LogP contribution is -2.46. The van der Waals surface area contributed by atoms with E-state index in [9.17, 15) is 4.79 Å². The van der Waals surface area contributed by atoms with E-state index in [1.165, 1.54) is 24.0 Å². The fraction of sp³-hybridized carbons (Fsp3) is 0.652. The zero-order valence-corrected chi connectivity index (χ0v) is 20.8. The second kappa shape index (κ2) is 12.5. The molecule has 2 aliphatic heterocycles. The number of amides is 1. The zero-order valence-electron chi connectivity index (χ0n) is 18.5. The number of hydrogen-bond acceptors (Lipinski definition) is 3. The van der Waals surface area contributed by atoms with E-state index in [0.29, 0.717) is 6.54 Å². The lowest BCUT2D eigenvalue weighted by molar-refractivity contribution is -0.123. The molecule has 30 heavy (non-hydrogen) atoms. The van der Waals surface area contributed by atoms with Crippen molar-refractivity contribution in [2.75, 3.05) is 32.7 Å². The van der Waals surface area contributed by atoms with Gasteiger partial charge in [0.05, 0.1) is 12.5 Å². The number of halogens is 1. The topological polar surface area (TPSA) is 74.0 Å². The predicted octanol–water partition coefficient (Wildman–Crippen LogP) is 3.20. The summed E-state index contributed by atoms with van der Waals surface area (Å²) in [6.07, 6.45) is 4.51. The molecule has 1 aromatic rings. The molecule has 2 aliphatic rings. The summed E-state index contributed by atoms with van der Waals surface area (Å²) < 4.78 is 0. The SMILES string of the molecule is CCNC(=NCc1cccc(CN2CCCC(C(N)=O)C2)c1)N1CCCC(C)C1.I. The molecular formula is C23H38IN5O. The maximum atomic E-state index is 11.5. The zero-order chi connectivity index (χ0) is 20.6. The van der Waals surface area contributed by atoms with Gasteiger partial charge in [-0.2, -0.15) is 0 Å². The molecule has 2 saturated heterocycles. The van der Waals surface area contributed by atoms with Gasteiger partial charge in [0, 0.05) is 32.7 Å². The van der Waals surface area contributed by atoms with Crippen LogP contribution in [0.4, 0.5) is 0 Å². The molecular weight excluding hydrogens is 489 g/mol. The van der Waals surface area contributed by atoms with Crippen LogP contribution in [0.25, 0.3) is 0 Å². The number of guanidine groups is 1. The number of nitrogens with zero attached hydrogens (tertiary/aromatic N) is 3. The molecule has 0 aliphatic carbocycles. The number of carbonyl (C=O) groups excluding carboxylic acids is 1. The van der Waals surface area contributed by atoms with Crippen LogP contribution < -0.4 is 11.1 Å². The molecule has 2 fully saturated rings. The van der Waals surface area contributed by atoms with E-state index in [2.05, 4.69) is 53.2 Å². The third kappa shape index (κ3) is 7.41. The molecule has 3 N–H and O–H groups in total. The van der Waals surface area contributed by atoms with E-state index < -0.39 is 0 Å². The lowest BCUT2D eigenvalue weighted by atomic mass is 9.97. The third-order valence-electron chi connectivity index (χ3n) is 6.01. The van der Waals surface area contributed by atoms with E-state index in [1.807, 2.05) is 0 Å². The van der Waals surface area contributed by atoms with Crippen LogP contribution in [0.5, 0.6) is 0 Å². The minimum Gasteiger partial charge on any atom is -0.369 e. The predicted molar refractivity (Wildman–Crippen MR) is 134 cm³/mol. The molecule has 1 amide bonds. The molecule has 6 nitrogen and oxygen atoms in total. The fourth-order valence-corrected chi connectivity index (χ4v) is 4.49. The number of carbonyl (C=O) groups is 1. The summed E-state index contributed by atoms with van der Waals surface area (Å²) in [6, 6.07) is 8.68. The number of primary amides is 1. The van der Waals surface area contributed by atoms with Gasteiger partial charge in [-0.3, -0.25) is 9.69 Å². The van der Waals surface area contributed by atoms with Crippen molar-refractivity contribution in [3.63, 3.8) is 0 Å². The van der Waals surface area contributed by atoms with E-state index in [0.717, 1.165) is 64.0 Å². The Morgan fingerprint density at radius 1 is 1.20 bits per heavy atom. The van der Waals surface area contributed by atoms with Gasteiger partial charge in [-0.15, -0.1) is 24.0 Å². The maximum Gasteiger partial charge on any atom is 0.221 e. The summed E-state index contributed by atoms with van der Waals surface area (Å²) in [5.41, 5.74) is 8.02. The average Bonchev–Trinajstić information content (AvgIpc) is 2.71. The first-order valence-electron chi connectivity index (χ1n) is 11.2. The molecule has 168 valence electrons. The summed E-state index contributed by atoms with van der Waals surface area (Å²) in [7, 11) is 0. The highest BCUT2D eigenvalue weighted by Crippen LogP contribution is 2.19. The van der Waals surface area contributed by atoms with Crippen LogP contribution in [-0.4, -0.2) is 54.4 Å². The fourth-order valence-electron chi connectivity index (χ4n) is 4.49. The Balaban J connectivity index is 0.00000320. The van der Waals surface area contributed by atoms with Gasteiger partial charge in [0.25, 0.3) is 0 Å². The Labute approximate surface area is 198 Å². The highest BCUT2D eigenvalue weighted by Gasteiger charge is 2.24. The third-order valence-corrected chi connectivity index (χ3v) is 6.01. The van der Waals surface area contributed by atoms with Gasteiger partial charge in [0.2, 0.25) is 5.91 Å². The standard InChI is InChI=1S/C23H37N5O.HI/c1-3-25-23(28-12-5-7-18(2)15-28)26-14-19-8-4-9-20(13-19)16-27-11-6-10-21(17-27)22(24)29;/h4,8-9,13,18,21H,3,5-7,10-12,14-17H2,1-2H3,(H2,24,29)(H,25,26);1H. The Bertz CT molecular complexity index is 711. The van der Waals surface area contributed by atoms with Crippen molar-refractivity contribution >= 4 is 35.8 Å². The number of aliphatic imine (C=N–C) groups is 1. The quantitative estimate of drug-likeness (QED) is 0.339. The van der Waals surface area contributed by atoms with Gasteiger partial charge >= 0.3 is 0 Å². The number of benzene rings is 1. The van der Waals surface area contributed by atoms with Crippen molar-refractivity contribution in [3.05, 3.63) is 35.4 Å². The lowest BCUT2D eigenvalue weighted by Gasteiger charge is -2.33. The van der Waals surface area contributed by atoms with Crippen LogP contribution in [0.15, 0.2) is 29.3 Å². The van der Waals surface area contributed by atoms with Crippen molar-refractivity contribution < 1.29 is 4.79 Å². The largest absolute Gasteiger partial charge is 0.369 e. The van der Waals surface area contributed by atoms with Crippen molar-refractivity contribution in [2.24, 2.45) is 22.6 Å². The molecule has 0 saturated carbocycles. The number of nitrogens with two attached hydrogens (primary N) is 1. The van der Waals surface area contributed by atoms with E-state index in [1.54, 1.807) is 0 Å². The number of rotatable bonds is 6. The summed E-state index contributed by atoms with van der Waals surface area (Å²) in [5.74, 6) is 1.58. The number of likely N-dealkylation sites (tertiary alicyclic amines) is 2. The van der Waals surface area contributed by atoms with Crippen molar-refractivity contribution in [3.8, 4) is 0 Å². The summed E-state index contributed by atoms with van der Waals surface area (Å²) in [6.45, 7) is 10.9. The first kappa shape index (κ1) is 24.9. The van der Waals surface area contributed by atoms with E-state index >= 15 is 0 Å². The van der Waals surface area contributed by atoms with Gasteiger partial charge < -0.3 is 16.0 Å². The Morgan fingerprint density at radius 3 is 2.70 bits per heavy atom. The molecule has 3 rings (SSSR count). The minimum atomic E-state index is -0.166. The first-order chi connectivity index (χ1) is 14.0. The Morgan fingerprint density at radius 2 is 1.97 bits per heavy atom. The van der Waals surface area contributed by atoms with E-state index in [-0.39, 0.29) is 35.8 Å². The Hall–Kier alpha value is -1.35. The van der Waals surface area contributed by atoms with Crippen LogP contribution in [0.3, 0.4) is 0 Å². The van der Waals surface area contributed by atoms with Crippen LogP contribution in [0.1, 0.15) is 50.7 Å². The number of hydrogen-bond donors (Lipinski definition) is 2. The Kier molecular flexibility index (Phi) is 10.4. The minimum absolute atomic E-state index is 0. The average molecular weight is 527 g/mol. The summed E-state index contributed by atoms with van der Waals surface area (Å²) in [4.78, 5) is 21.2. The van der Waals surface area contributed by atoms with Crippen molar-refractivity contribution in [1.29, 1.82) is 0 Å².